The minimum absolute atomic E-state index is 0.238. The van der Waals surface area contributed by atoms with Gasteiger partial charge in [-0.05, 0) is 38.0 Å². The third-order valence-electron chi connectivity index (χ3n) is 3.21. The van der Waals surface area contributed by atoms with Crippen LogP contribution in [0.15, 0.2) is 0 Å². The molecule has 0 heterocycles. The first-order chi connectivity index (χ1) is 5.98. The molecule has 2 heteroatoms. The van der Waals surface area contributed by atoms with Gasteiger partial charge in [0.05, 0.1) is 17.6 Å². The smallest absolute Gasteiger partial charge is 0.0807 e. The van der Waals surface area contributed by atoms with Gasteiger partial charge in [0.25, 0.3) is 0 Å². The number of aliphatic hydroxyl groups is 1. The fourth-order valence-electron chi connectivity index (χ4n) is 2.62. The first-order valence-corrected chi connectivity index (χ1v) is 5.10. The summed E-state index contributed by atoms with van der Waals surface area (Å²) in [6, 6.07) is 2.17. The van der Waals surface area contributed by atoms with Crippen LogP contribution in [0.3, 0.4) is 0 Å². The molecular weight excluding hydrogens is 162 g/mol. The predicted molar refractivity (Wildman–Crippen MR) is 51.9 cm³/mol. The summed E-state index contributed by atoms with van der Waals surface area (Å²) in [7, 11) is 0. The van der Waals surface area contributed by atoms with E-state index in [0.29, 0.717) is 11.8 Å². The zero-order valence-electron chi connectivity index (χ0n) is 8.75. The van der Waals surface area contributed by atoms with E-state index < -0.39 is 5.60 Å². The third-order valence-corrected chi connectivity index (χ3v) is 3.21. The molecule has 1 N–H and O–H groups in total. The second-order valence-corrected chi connectivity index (χ2v) is 4.81. The summed E-state index contributed by atoms with van der Waals surface area (Å²) < 4.78 is 0. The van der Waals surface area contributed by atoms with E-state index in [1.807, 2.05) is 6.92 Å². The molecule has 0 spiro atoms. The Labute approximate surface area is 80.6 Å². The third kappa shape index (κ3) is 2.22. The predicted octanol–water partition coefficient (Wildman–Crippen LogP) is 2.33. The highest BCUT2D eigenvalue weighted by Crippen LogP contribution is 2.39. The average molecular weight is 181 g/mol. The van der Waals surface area contributed by atoms with E-state index in [4.69, 9.17) is 5.26 Å². The summed E-state index contributed by atoms with van der Waals surface area (Å²) in [5, 5.41) is 19.1. The van der Waals surface area contributed by atoms with Crippen molar-refractivity contribution in [3.05, 3.63) is 0 Å². The summed E-state index contributed by atoms with van der Waals surface area (Å²) >= 11 is 0. The van der Waals surface area contributed by atoms with Crippen LogP contribution < -0.4 is 0 Å². The van der Waals surface area contributed by atoms with Gasteiger partial charge in [-0.15, -0.1) is 0 Å². The summed E-state index contributed by atoms with van der Waals surface area (Å²) in [5.41, 5.74) is -0.730. The van der Waals surface area contributed by atoms with Crippen LogP contribution >= 0.6 is 0 Å². The van der Waals surface area contributed by atoms with E-state index in [2.05, 4.69) is 19.9 Å². The van der Waals surface area contributed by atoms with Gasteiger partial charge in [-0.3, -0.25) is 0 Å². The SMILES string of the molecule is CC1CC(C)CC(O)(C(C)C#N)C1. The lowest BCUT2D eigenvalue weighted by atomic mass is 9.69. The quantitative estimate of drug-likeness (QED) is 0.674. The summed E-state index contributed by atoms with van der Waals surface area (Å²) in [5.74, 6) is 0.854. The van der Waals surface area contributed by atoms with Crippen LogP contribution in [0.1, 0.15) is 40.0 Å². The normalized spacial score (nSPS) is 42.4. The van der Waals surface area contributed by atoms with E-state index in [0.717, 1.165) is 12.8 Å². The van der Waals surface area contributed by atoms with Crippen LogP contribution in [0.25, 0.3) is 0 Å². The minimum Gasteiger partial charge on any atom is -0.389 e. The van der Waals surface area contributed by atoms with Crippen molar-refractivity contribution < 1.29 is 5.11 Å². The van der Waals surface area contributed by atoms with Crippen LogP contribution in [0.4, 0.5) is 0 Å². The Kier molecular flexibility index (Phi) is 2.98. The topological polar surface area (TPSA) is 44.0 Å². The first kappa shape index (κ1) is 10.5. The molecule has 1 rings (SSSR count). The molecule has 0 amide bonds. The van der Waals surface area contributed by atoms with Crippen molar-refractivity contribution in [1.82, 2.24) is 0 Å². The largest absolute Gasteiger partial charge is 0.389 e. The van der Waals surface area contributed by atoms with Gasteiger partial charge in [0.2, 0.25) is 0 Å². The molecule has 0 radical (unpaired) electrons. The molecule has 0 aliphatic heterocycles. The maximum atomic E-state index is 10.3. The fourth-order valence-corrected chi connectivity index (χ4v) is 2.62. The molecule has 1 aliphatic rings. The Bertz CT molecular complexity index is 209. The van der Waals surface area contributed by atoms with E-state index in [-0.39, 0.29) is 5.92 Å². The van der Waals surface area contributed by atoms with Crippen molar-refractivity contribution in [3.63, 3.8) is 0 Å². The lowest BCUT2D eigenvalue weighted by molar-refractivity contribution is -0.0563. The zero-order chi connectivity index (χ0) is 10.1. The van der Waals surface area contributed by atoms with E-state index in [1.54, 1.807) is 0 Å². The monoisotopic (exact) mass is 181 g/mol. The zero-order valence-corrected chi connectivity index (χ0v) is 8.75. The van der Waals surface area contributed by atoms with Gasteiger partial charge in [0, 0.05) is 0 Å². The van der Waals surface area contributed by atoms with Crippen LogP contribution in [0.2, 0.25) is 0 Å². The molecule has 0 aromatic rings. The van der Waals surface area contributed by atoms with E-state index >= 15 is 0 Å². The number of hydrogen-bond acceptors (Lipinski definition) is 2. The molecule has 0 bridgehead atoms. The van der Waals surface area contributed by atoms with E-state index in [9.17, 15) is 5.11 Å². The van der Waals surface area contributed by atoms with Crippen molar-refractivity contribution in [2.75, 3.05) is 0 Å². The van der Waals surface area contributed by atoms with Crippen molar-refractivity contribution in [2.24, 2.45) is 17.8 Å². The maximum Gasteiger partial charge on any atom is 0.0807 e. The molecule has 0 aromatic heterocycles. The molecule has 13 heavy (non-hydrogen) atoms. The van der Waals surface area contributed by atoms with Gasteiger partial charge in [-0.2, -0.15) is 5.26 Å². The Balaban J connectivity index is 2.73. The molecule has 1 fully saturated rings. The van der Waals surface area contributed by atoms with E-state index in [1.165, 1.54) is 6.42 Å². The van der Waals surface area contributed by atoms with Gasteiger partial charge in [0.15, 0.2) is 0 Å². The van der Waals surface area contributed by atoms with Gasteiger partial charge < -0.3 is 5.11 Å². The molecular formula is C11H19NO. The highest BCUT2D eigenvalue weighted by atomic mass is 16.3. The Morgan fingerprint density at radius 1 is 1.38 bits per heavy atom. The Morgan fingerprint density at radius 3 is 2.23 bits per heavy atom. The Morgan fingerprint density at radius 2 is 1.85 bits per heavy atom. The highest BCUT2D eigenvalue weighted by Gasteiger charge is 2.40. The second kappa shape index (κ2) is 3.67. The molecule has 0 saturated heterocycles. The minimum atomic E-state index is -0.730. The lowest BCUT2D eigenvalue weighted by Crippen LogP contribution is -2.42. The summed E-state index contributed by atoms with van der Waals surface area (Å²) in [6.45, 7) is 6.14. The number of nitriles is 1. The van der Waals surface area contributed by atoms with Crippen molar-refractivity contribution in [3.8, 4) is 6.07 Å². The molecule has 74 valence electrons. The summed E-state index contributed by atoms with van der Waals surface area (Å²) in [4.78, 5) is 0. The van der Waals surface area contributed by atoms with Crippen LogP contribution in [-0.2, 0) is 0 Å². The van der Waals surface area contributed by atoms with Crippen LogP contribution in [-0.4, -0.2) is 10.7 Å². The molecule has 2 nitrogen and oxygen atoms in total. The second-order valence-electron chi connectivity index (χ2n) is 4.81. The van der Waals surface area contributed by atoms with Crippen LogP contribution in [0, 0.1) is 29.1 Å². The van der Waals surface area contributed by atoms with Gasteiger partial charge >= 0.3 is 0 Å². The lowest BCUT2D eigenvalue weighted by Gasteiger charge is -2.40. The molecule has 1 aliphatic carbocycles. The number of nitrogens with zero attached hydrogens (tertiary/aromatic N) is 1. The summed E-state index contributed by atoms with van der Waals surface area (Å²) in [6.07, 6.45) is 2.75. The maximum absolute atomic E-state index is 10.3. The van der Waals surface area contributed by atoms with Gasteiger partial charge in [-0.25, -0.2) is 0 Å². The number of hydrogen-bond donors (Lipinski definition) is 1. The Hall–Kier alpha value is -0.550. The van der Waals surface area contributed by atoms with Crippen molar-refractivity contribution in [1.29, 1.82) is 5.26 Å². The van der Waals surface area contributed by atoms with Crippen molar-refractivity contribution in [2.45, 2.75) is 45.6 Å². The van der Waals surface area contributed by atoms with Gasteiger partial charge in [0.1, 0.15) is 0 Å². The molecule has 3 atom stereocenters. The number of rotatable bonds is 1. The standard InChI is InChI=1S/C11H19NO/c1-8-4-9(2)6-11(13,5-8)10(3)7-12/h8-10,13H,4-6H2,1-3H3. The van der Waals surface area contributed by atoms with Gasteiger partial charge in [-0.1, -0.05) is 13.8 Å². The van der Waals surface area contributed by atoms with Crippen molar-refractivity contribution >= 4 is 0 Å². The highest BCUT2D eigenvalue weighted by molar-refractivity contribution is 4.99. The van der Waals surface area contributed by atoms with Crippen LogP contribution in [0.5, 0.6) is 0 Å². The molecule has 1 saturated carbocycles. The molecule has 0 aromatic carbocycles. The average Bonchev–Trinajstić information content (AvgIpc) is 2.00. The first-order valence-electron chi connectivity index (χ1n) is 5.10. The fraction of sp³-hybridized carbons (Fsp3) is 0.909. The molecule has 3 unspecified atom stereocenters.